The minimum atomic E-state index is -4.35. The van der Waals surface area contributed by atoms with Crippen molar-refractivity contribution in [2.24, 2.45) is 0 Å². The molecule has 0 aliphatic rings. The standard InChI is InChI=1S/C14H11F3NO/c1-9-8-12(6-7-13(9)18)19-11-4-2-10(3-5-11)14(15,16)17/h2-8,18H,1H3/q-1. The summed E-state index contributed by atoms with van der Waals surface area (Å²) in [7, 11) is 0. The fraction of sp³-hybridized carbons (Fsp3) is 0.143. The lowest BCUT2D eigenvalue weighted by Gasteiger charge is -2.12. The lowest BCUT2D eigenvalue weighted by molar-refractivity contribution is -0.137. The van der Waals surface area contributed by atoms with Crippen LogP contribution in [0, 0.1) is 6.92 Å². The van der Waals surface area contributed by atoms with Gasteiger partial charge in [-0.3, -0.25) is 0 Å². The third-order valence-corrected chi connectivity index (χ3v) is 2.62. The van der Waals surface area contributed by atoms with Gasteiger partial charge in [0.15, 0.2) is 0 Å². The maximum absolute atomic E-state index is 12.4. The Hall–Kier alpha value is -2.17. The van der Waals surface area contributed by atoms with Crippen molar-refractivity contribution in [3.63, 3.8) is 0 Å². The van der Waals surface area contributed by atoms with E-state index in [1.54, 1.807) is 25.1 Å². The normalized spacial score (nSPS) is 11.4. The molecule has 2 rings (SSSR count). The van der Waals surface area contributed by atoms with Crippen LogP contribution in [0.25, 0.3) is 5.73 Å². The number of ether oxygens (including phenoxy) is 1. The van der Waals surface area contributed by atoms with Gasteiger partial charge in [0.1, 0.15) is 11.5 Å². The first-order valence-electron chi connectivity index (χ1n) is 5.53. The summed E-state index contributed by atoms with van der Waals surface area (Å²) in [4.78, 5) is 0. The first-order valence-corrected chi connectivity index (χ1v) is 5.53. The fourth-order valence-corrected chi connectivity index (χ4v) is 1.55. The molecule has 0 amide bonds. The maximum Gasteiger partial charge on any atom is 0.416 e. The second-order valence-electron chi connectivity index (χ2n) is 4.10. The Morgan fingerprint density at radius 1 is 0.947 bits per heavy atom. The number of benzene rings is 2. The molecule has 0 atom stereocenters. The van der Waals surface area contributed by atoms with E-state index in [9.17, 15) is 13.2 Å². The Balaban J connectivity index is 2.17. The molecule has 1 N–H and O–H groups in total. The number of rotatable bonds is 2. The van der Waals surface area contributed by atoms with Crippen LogP contribution in [0.3, 0.4) is 0 Å². The zero-order chi connectivity index (χ0) is 14.0. The van der Waals surface area contributed by atoms with E-state index in [-0.39, 0.29) is 0 Å². The summed E-state index contributed by atoms with van der Waals surface area (Å²) in [5.74, 6) is 0.818. The van der Waals surface area contributed by atoms with Crippen LogP contribution in [-0.2, 0) is 6.18 Å². The van der Waals surface area contributed by atoms with Crippen LogP contribution in [0.1, 0.15) is 11.1 Å². The van der Waals surface area contributed by atoms with Gasteiger partial charge in [-0.25, -0.2) is 0 Å². The minimum absolute atomic E-state index is 0.324. The molecule has 0 aliphatic carbocycles. The summed E-state index contributed by atoms with van der Waals surface area (Å²) in [5, 5.41) is 0. The van der Waals surface area contributed by atoms with Gasteiger partial charge in [0.2, 0.25) is 0 Å². The van der Waals surface area contributed by atoms with Crippen molar-refractivity contribution in [1.29, 1.82) is 0 Å². The van der Waals surface area contributed by atoms with Gasteiger partial charge >= 0.3 is 6.18 Å². The number of aryl methyl sites for hydroxylation is 1. The molecular weight excluding hydrogens is 255 g/mol. The van der Waals surface area contributed by atoms with Crippen molar-refractivity contribution in [3.8, 4) is 11.5 Å². The lowest BCUT2D eigenvalue weighted by Crippen LogP contribution is -2.03. The fourth-order valence-electron chi connectivity index (χ4n) is 1.55. The van der Waals surface area contributed by atoms with Gasteiger partial charge in [-0.2, -0.15) is 13.2 Å². The van der Waals surface area contributed by atoms with Crippen LogP contribution >= 0.6 is 0 Å². The number of alkyl halides is 3. The molecule has 0 radical (unpaired) electrons. The van der Waals surface area contributed by atoms with Gasteiger partial charge in [0.25, 0.3) is 0 Å². The molecule has 0 aromatic heterocycles. The van der Waals surface area contributed by atoms with Crippen molar-refractivity contribution >= 4 is 5.69 Å². The SMILES string of the molecule is Cc1cc(Oc2ccc(C(F)(F)F)cc2)ccc1[NH-]. The van der Waals surface area contributed by atoms with Crippen LogP contribution in [0.4, 0.5) is 18.9 Å². The Kier molecular flexibility index (Phi) is 3.38. The van der Waals surface area contributed by atoms with E-state index >= 15 is 0 Å². The van der Waals surface area contributed by atoms with Crippen LogP contribution < -0.4 is 4.74 Å². The Bertz CT molecular complexity index is 576. The first kappa shape index (κ1) is 13.3. The van der Waals surface area contributed by atoms with Crippen molar-refractivity contribution in [1.82, 2.24) is 0 Å². The molecule has 5 heteroatoms. The molecule has 2 aromatic rings. The predicted molar refractivity (Wildman–Crippen MR) is 66.7 cm³/mol. The molecule has 0 spiro atoms. The van der Waals surface area contributed by atoms with Gasteiger partial charge in [0.05, 0.1) is 5.56 Å². The molecule has 2 nitrogen and oxygen atoms in total. The lowest BCUT2D eigenvalue weighted by atomic mass is 10.2. The second kappa shape index (κ2) is 4.84. The number of halogens is 3. The van der Waals surface area contributed by atoms with E-state index in [2.05, 4.69) is 0 Å². The van der Waals surface area contributed by atoms with Gasteiger partial charge in [-0.1, -0.05) is 11.6 Å². The highest BCUT2D eigenvalue weighted by Crippen LogP contribution is 2.32. The van der Waals surface area contributed by atoms with Crippen molar-refractivity contribution in [2.45, 2.75) is 13.1 Å². The zero-order valence-electron chi connectivity index (χ0n) is 10.1. The molecular formula is C14H11F3NO-. The molecule has 19 heavy (non-hydrogen) atoms. The van der Waals surface area contributed by atoms with E-state index in [0.717, 1.165) is 17.7 Å². The van der Waals surface area contributed by atoms with Gasteiger partial charge in [-0.05, 0) is 43.3 Å². The molecule has 0 bridgehead atoms. The molecule has 0 aliphatic heterocycles. The summed E-state index contributed by atoms with van der Waals surface area (Å²) >= 11 is 0. The van der Waals surface area contributed by atoms with E-state index in [1.165, 1.54) is 12.1 Å². The summed E-state index contributed by atoms with van der Waals surface area (Å²) in [6.45, 7) is 1.77. The number of hydrogen-bond donors (Lipinski definition) is 0. The Labute approximate surface area is 108 Å². The van der Waals surface area contributed by atoms with E-state index in [1.807, 2.05) is 0 Å². The highest BCUT2D eigenvalue weighted by atomic mass is 19.4. The molecule has 100 valence electrons. The van der Waals surface area contributed by atoms with Crippen LogP contribution in [0.5, 0.6) is 11.5 Å². The molecule has 0 unspecified atom stereocenters. The van der Waals surface area contributed by atoms with E-state index in [4.69, 9.17) is 10.5 Å². The topological polar surface area (TPSA) is 33.0 Å². The monoisotopic (exact) mass is 266 g/mol. The van der Waals surface area contributed by atoms with Crippen LogP contribution in [0.2, 0.25) is 0 Å². The van der Waals surface area contributed by atoms with Crippen LogP contribution in [0.15, 0.2) is 42.5 Å². The quantitative estimate of drug-likeness (QED) is 0.707. The van der Waals surface area contributed by atoms with Crippen molar-refractivity contribution < 1.29 is 17.9 Å². The number of nitrogens with one attached hydrogen (secondary N) is 1. The average molecular weight is 266 g/mol. The van der Waals surface area contributed by atoms with Crippen LogP contribution in [-0.4, -0.2) is 0 Å². The number of hydrogen-bond acceptors (Lipinski definition) is 1. The maximum atomic E-state index is 12.4. The zero-order valence-corrected chi connectivity index (χ0v) is 10.1. The van der Waals surface area contributed by atoms with Gasteiger partial charge in [-0.15, -0.1) is 5.69 Å². The Morgan fingerprint density at radius 2 is 1.53 bits per heavy atom. The third kappa shape index (κ3) is 3.19. The minimum Gasteiger partial charge on any atom is -0.699 e. The summed E-state index contributed by atoms with van der Waals surface area (Å²) in [6.07, 6.45) is -4.35. The van der Waals surface area contributed by atoms with E-state index < -0.39 is 11.7 Å². The molecule has 0 fully saturated rings. The average Bonchev–Trinajstić information content (AvgIpc) is 2.33. The Morgan fingerprint density at radius 3 is 2.05 bits per heavy atom. The van der Waals surface area contributed by atoms with Gasteiger partial charge in [0, 0.05) is 0 Å². The molecule has 2 aromatic carbocycles. The second-order valence-corrected chi connectivity index (χ2v) is 4.10. The summed E-state index contributed by atoms with van der Waals surface area (Å²) in [5.41, 5.74) is 7.93. The molecule has 0 saturated heterocycles. The highest BCUT2D eigenvalue weighted by molar-refractivity contribution is 5.53. The predicted octanol–water partition coefficient (Wildman–Crippen LogP) is 5.49. The first-order chi connectivity index (χ1) is 8.86. The molecule has 0 heterocycles. The summed E-state index contributed by atoms with van der Waals surface area (Å²) in [6, 6.07) is 9.34. The largest absolute Gasteiger partial charge is 0.699 e. The smallest absolute Gasteiger partial charge is 0.416 e. The third-order valence-electron chi connectivity index (χ3n) is 2.62. The van der Waals surface area contributed by atoms with Crippen molar-refractivity contribution in [3.05, 3.63) is 59.3 Å². The van der Waals surface area contributed by atoms with Gasteiger partial charge < -0.3 is 10.5 Å². The van der Waals surface area contributed by atoms with E-state index in [0.29, 0.717) is 17.2 Å². The summed E-state index contributed by atoms with van der Waals surface area (Å²) < 4.78 is 42.6. The highest BCUT2D eigenvalue weighted by Gasteiger charge is 2.30. The van der Waals surface area contributed by atoms with Crippen molar-refractivity contribution in [2.75, 3.05) is 0 Å². The molecule has 0 saturated carbocycles.